The highest BCUT2D eigenvalue weighted by Gasteiger charge is 2.22. The van der Waals surface area contributed by atoms with Gasteiger partial charge in [0.25, 0.3) is 5.69 Å². The zero-order chi connectivity index (χ0) is 19.3. The van der Waals surface area contributed by atoms with E-state index in [4.69, 9.17) is 11.6 Å². The summed E-state index contributed by atoms with van der Waals surface area (Å²) in [5.41, 5.74) is 0.747. The molecule has 0 saturated carbocycles. The molecule has 0 unspecified atom stereocenters. The lowest BCUT2D eigenvalue weighted by molar-refractivity contribution is -0.385. The predicted octanol–water partition coefficient (Wildman–Crippen LogP) is 3.64. The lowest BCUT2D eigenvalue weighted by Crippen LogP contribution is -2.15. The second-order valence-corrected chi connectivity index (χ2v) is 5.52. The van der Waals surface area contributed by atoms with Crippen molar-refractivity contribution >= 4 is 35.3 Å². The molecule has 8 heteroatoms. The smallest absolute Gasteiger partial charge is 0.345 e. The summed E-state index contributed by atoms with van der Waals surface area (Å²) in [5, 5.41) is 11.9. The molecule has 0 aliphatic carbocycles. The van der Waals surface area contributed by atoms with Gasteiger partial charge in [-0.2, -0.15) is 0 Å². The molecular weight excluding hydrogens is 362 g/mol. The summed E-state index contributed by atoms with van der Waals surface area (Å²) in [7, 11) is 2.19. The molecule has 0 N–H and O–H groups in total. The Balaban J connectivity index is 2.63. The third kappa shape index (κ3) is 4.25. The predicted molar refractivity (Wildman–Crippen MR) is 95.6 cm³/mol. The Morgan fingerprint density at radius 2 is 1.54 bits per heavy atom. The lowest BCUT2D eigenvalue weighted by atomic mass is 10.0. The van der Waals surface area contributed by atoms with Crippen LogP contribution in [0, 0.1) is 10.1 Å². The van der Waals surface area contributed by atoms with Crippen LogP contribution in [0.1, 0.15) is 5.56 Å². The Labute approximate surface area is 153 Å². The van der Waals surface area contributed by atoms with Crippen molar-refractivity contribution in [2.75, 3.05) is 14.2 Å². The Morgan fingerprint density at radius 3 is 2.04 bits per heavy atom. The summed E-state index contributed by atoms with van der Waals surface area (Å²) in [6, 6.07) is 11.2. The maximum atomic E-state index is 11.8. The van der Waals surface area contributed by atoms with Crippen molar-refractivity contribution < 1.29 is 24.0 Å². The number of benzene rings is 2. The fourth-order valence-electron chi connectivity index (χ4n) is 2.23. The van der Waals surface area contributed by atoms with E-state index in [1.54, 1.807) is 30.3 Å². The number of carbonyl (C=O) groups excluding carboxylic acids is 2. The molecule has 0 saturated heterocycles. The first-order chi connectivity index (χ1) is 12.4. The molecule has 0 amide bonds. The second-order valence-electron chi connectivity index (χ2n) is 5.08. The molecule has 0 aliphatic rings. The monoisotopic (exact) mass is 375 g/mol. The molecule has 26 heavy (non-hydrogen) atoms. The minimum Gasteiger partial charge on any atom is -0.465 e. The molecule has 0 radical (unpaired) electrons. The van der Waals surface area contributed by atoms with Gasteiger partial charge in [-0.25, -0.2) is 9.59 Å². The van der Waals surface area contributed by atoms with Crippen LogP contribution in [0.5, 0.6) is 0 Å². The molecule has 0 bridgehead atoms. The van der Waals surface area contributed by atoms with Gasteiger partial charge in [-0.15, -0.1) is 0 Å². The van der Waals surface area contributed by atoms with Crippen LogP contribution in [0.25, 0.3) is 17.2 Å². The van der Waals surface area contributed by atoms with Crippen molar-refractivity contribution in [3.8, 4) is 11.1 Å². The highest BCUT2D eigenvalue weighted by Crippen LogP contribution is 2.29. The maximum Gasteiger partial charge on any atom is 0.345 e. The van der Waals surface area contributed by atoms with E-state index in [0.29, 0.717) is 10.6 Å². The van der Waals surface area contributed by atoms with Gasteiger partial charge < -0.3 is 9.47 Å². The molecule has 2 aromatic carbocycles. The van der Waals surface area contributed by atoms with Gasteiger partial charge in [-0.1, -0.05) is 23.7 Å². The maximum absolute atomic E-state index is 11.8. The molecule has 2 rings (SSSR count). The average Bonchev–Trinajstić information content (AvgIpc) is 2.65. The minimum absolute atomic E-state index is 0.0632. The first-order valence-corrected chi connectivity index (χ1v) is 7.68. The summed E-state index contributed by atoms with van der Waals surface area (Å²) in [5.74, 6) is -1.91. The second kappa shape index (κ2) is 8.26. The van der Waals surface area contributed by atoms with Crippen LogP contribution in [0.15, 0.2) is 48.0 Å². The van der Waals surface area contributed by atoms with Crippen molar-refractivity contribution in [1.29, 1.82) is 0 Å². The summed E-state index contributed by atoms with van der Waals surface area (Å²) < 4.78 is 9.09. The van der Waals surface area contributed by atoms with Crippen molar-refractivity contribution in [2.24, 2.45) is 0 Å². The molecule has 0 fully saturated rings. The molecule has 0 spiro atoms. The van der Waals surface area contributed by atoms with Crippen molar-refractivity contribution in [3.63, 3.8) is 0 Å². The molecule has 0 aromatic heterocycles. The zero-order valence-electron chi connectivity index (χ0n) is 13.9. The van der Waals surface area contributed by atoms with E-state index in [1.165, 1.54) is 12.1 Å². The number of hydrogen-bond donors (Lipinski definition) is 0. The van der Waals surface area contributed by atoms with E-state index >= 15 is 0 Å². The number of hydrogen-bond acceptors (Lipinski definition) is 6. The average molecular weight is 376 g/mol. The number of carbonyl (C=O) groups is 2. The Hall–Kier alpha value is -3.19. The fraction of sp³-hybridized carbons (Fsp3) is 0.111. The topological polar surface area (TPSA) is 95.7 Å². The zero-order valence-corrected chi connectivity index (χ0v) is 14.6. The lowest BCUT2D eigenvalue weighted by Gasteiger charge is -2.07. The Morgan fingerprint density at radius 1 is 1.00 bits per heavy atom. The van der Waals surface area contributed by atoms with E-state index in [2.05, 4.69) is 9.47 Å². The van der Waals surface area contributed by atoms with E-state index in [1.807, 2.05) is 0 Å². The van der Waals surface area contributed by atoms with Gasteiger partial charge in [0.05, 0.1) is 24.7 Å². The molecular formula is C18H14ClNO6. The number of ether oxygens (including phenoxy) is 2. The molecule has 7 nitrogen and oxygen atoms in total. The molecule has 0 heterocycles. The van der Waals surface area contributed by atoms with Crippen LogP contribution in [0.2, 0.25) is 5.02 Å². The number of methoxy groups -OCH3 is 2. The summed E-state index contributed by atoms with van der Waals surface area (Å²) in [6.45, 7) is 0. The fourth-order valence-corrected chi connectivity index (χ4v) is 2.36. The van der Waals surface area contributed by atoms with Crippen LogP contribution >= 0.6 is 11.6 Å². The molecule has 2 aromatic rings. The quantitative estimate of drug-likeness (QED) is 0.198. The molecule has 0 aliphatic heterocycles. The summed E-state index contributed by atoms with van der Waals surface area (Å²) >= 11 is 5.87. The van der Waals surface area contributed by atoms with Crippen LogP contribution < -0.4 is 0 Å². The van der Waals surface area contributed by atoms with Crippen molar-refractivity contribution in [2.45, 2.75) is 0 Å². The van der Waals surface area contributed by atoms with E-state index in [-0.39, 0.29) is 11.3 Å². The highest BCUT2D eigenvalue weighted by molar-refractivity contribution is 6.30. The standard InChI is InChI=1S/C18H14ClNO6/c1-25-17(21)15(18(22)26-2)10-13-9-12(5-8-16(13)20(23)24)11-3-6-14(19)7-4-11/h3-10H,1-2H3. The van der Waals surface area contributed by atoms with E-state index in [9.17, 15) is 19.7 Å². The number of rotatable bonds is 5. The van der Waals surface area contributed by atoms with Crippen LogP contribution in [-0.2, 0) is 19.1 Å². The Bertz CT molecular complexity index is 871. The van der Waals surface area contributed by atoms with E-state index < -0.39 is 22.4 Å². The number of nitrogens with zero attached hydrogens (tertiary/aromatic N) is 1. The summed E-state index contributed by atoms with van der Waals surface area (Å²) in [4.78, 5) is 34.3. The summed E-state index contributed by atoms with van der Waals surface area (Å²) in [6.07, 6.45) is 1.08. The highest BCUT2D eigenvalue weighted by atomic mass is 35.5. The van der Waals surface area contributed by atoms with Crippen LogP contribution in [-0.4, -0.2) is 31.1 Å². The normalized spacial score (nSPS) is 9.96. The van der Waals surface area contributed by atoms with Gasteiger partial charge in [-0.05, 0) is 41.5 Å². The first kappa shape index (κ1) is 19.1. The SMILES string of the molecule is COC(=O)C(=Cc1cc(-c2ccc(Cl)cc2)ccc1[N+](=O)[O-])C(=O)OC. The van der Waals surface area contributed by atoms with Gasteiger partial charge in [0.15, 0.2) is 0 Å². The number of esters is 2. The number of halogens is 1. The van der Waals surface area contributed by atoms with Gasteiger partial charge in [0, 0.05) is 11.1 Å². The van der Waals surface area contributed by atoms with Crippen LogP contribution in [0.4, 0.5) is 5.69 Å². The van der Waals surface area contributed by atoms with Gasteiger partial charge >= 0.3 is 11.9 Å². The largest absolute Gasteiger partial charge is 0.465 e. The first-order valence-electron chi connectivity index (χ1n) is 7.30. The van der Waals surface area contributed by atoms with Gasteiger partial charge in [0.2, 0.25) is 0 Å². The number of nitro benzene ring substituents is 1. The van der Waals surface area contributed by atoms with E-state index in [0.717, 1.165) is 25.9 Å². The van der Waals surface area contributed by atoms with Crippen molar-refractivity contribution in [1.82, 2.24) is 0 Å². The third-order valence-corrected chi connectivity index (χ3v) is 3.76. The van der Waals surface area contributed by atoms with Crippen molar-refractivity contribution in [3.05, 3.63) is 68.7 Å². The van der Waals surface area contributed by atoms with Gasteiger partial charge in [-0.3, -0.25) is 10.1 Å². The Kier molecular flexibility index (Phi) is 6.08. The number of nitro groups is 1. The molecule has 0 atom stereocenters. The van der Waals surface area contributed by atoms with Gasteiger partial charge in [0.1, 0.15) is 5.57 Å². The third-order valence-electron chi connectivity index (χ3n) is 3.51. The minimum atomic E-state index is -0.956. The van der Waals surface area contributed by atoms with Crippen LogP contribution in [0.3, 0.4) is 0 Å². The molecule has 134 valence electrons.